The van der Waals surface area contributed by atoms with Crippen molar-refractivity contribution in [1.29, 1.82) is 0 Å². The molecule has 0 atom stereocenters. The molecule has 0 saturated carbocycles. The number of amides is 2. The molecule has 98 valence electrons. The molecular weight excluding hydrogens is 252 g/mol. The fourth-order valence-corrected chi connectivity index (χ4v) is 0.647. The predicted octanol–water partition coefficient (Wildman–Crippen LogP) is -3.12. The van der Waals surface area contributed by atoms with Gasteiger partial charge in [0.05, 0.1) is 0 Å². The van der Waals surface area contributed by atoms with Gasteiger partial charge in [0.15, 0.2) is 0 Å². The molecule has 2 amide bonds. The molecule has 0 aromatic heterocycles. The van der Waals surface area contributed by atoms with E-state index in [1.807, 2.05) is 0 Å². The van der Waals surface area contributed by atoms with Crippen LogP contribution < -0.4 is 11.5 Å². The Morgan fingerprint density at radius 1 is 0.667 bits per heavy atom. The number of nitrogens with two attached hydrogens (primary N) is 2. The summed E-state index contributed by atoms with van der Waals surface area (Å²) in [6.07, 6.45) is -1.84. The van der Waals surface area contributed by atoms with Gasteiger partial charge in [-0.25, -0.2) is 9.59 Å². The highest BCUT2D eigenvalue weighted by molar-refractivity contribution is 6.33. The van der Waals surface area contributed by atoms with E-state index in [9.17, 15) is 28.8 Å². The van der Waals surface area contributed by atoms with Crippen LogP contribution in [0.5, 0.6) is 0 Å². The summed E-state index contributed by atoms with van der Waals surface area (Å²) in [7, 11) is 0. The van der Waals surface area contributed by atoms with Gasteiger partial charge in [-0.1, -0.05) is 0 Å². The van der Waals surface area contributed by atoms with E-state index in [-0.39, 0.29) is 0 Å². The first-order valence-corrected chi connectivity index (χ1v) is 4.28. The lowest BCUT2D eigenvalue weighted by Gasteiger charge is -2.01. The van der Waals surface area contributed by atoms with Crippen LogP contribution in [0.15, 0.2) is 0 Å². The maximum atomic E-state index is 10.8. The van der Waals surface area contributed by atoms with Crippen molar-refractivity contribution in [2.24, 2.45) is 11.5 Å². The molecule has 0 aliphatic rings. The van der Waals surface area contributed by atoms with Gasteiger partial charge in [-0.05, 0) is 0 Å². The Morgan fingerprint density at radius 3 is 1.17 bits per heavy atom. The first-order chi connectivity index (χ1) is 8.22. The number of ether oxygens (including phenoxy) is 2. The molecule has 0 aromatic carbocycles. The number of carbonyl (C=O) groups excluding carboxylic acids is 6. The van der Waals surface area contributed by atoms with Crippen LogP contribution in [0.3, 0.4) is 0 Å². The van der Waals surface area contributed by atoms with Gasteiger partial charge in [0.25, 0.3) is 0 Å². The Labute approximate surface area is 99.2 Å². The van der Waals surface area contributed by atoms with Crippen LogP contribution in [-0.4, -0.2) is 35.7 Å². The van der Waals surface area contributed by atoms with Crippen molar-refractivity contribution in [2.75, 3.05) is 0 Å². The molecule has 0 saturated heterocycles. The van der Waals surface area contributed by atoms with Gasteiger partial charge in [0.1, 0.15) is 12.8 Å². The second-order valence-corrected chi connectivity index (χ2v) is 2.81. The molecule has 0 aromatic rings. The Bertz CT molecular complexity index is 387. The molecule has 10 nitrogen and oxygen atoms in total. The summed E-state index contributed by atoms with van der Waals surface area (Å²) >= 11 is 0. The molecule has 0 spiro atoms. The van der Waals surface area contributed by atoms with Gasteiger partial charge in [0, 0.05) is 0 Å². The van der Waals surface area contributed by atoms with Crippen molar-refractivity contribution in [1.82, 2.24) is 0 Å². The molecule has 10 heteroatoms. The highest BCUT2D eigenvalue weighted by Gasteiger charge is 2.25. The second-order valence-electron chi connectivity index (χ2n) is 2.81. The number of carbonyl (C=O) groups is 6. The van der Waals surface area contributed by atoms with Gasteiger partial charge in [0.2, 0.25) is 11.8 Å². The van der Waals surface area contributed by atoms with E-state index < -0.39 is 48.5 Å². The number of primary amides is 2. The molecule has 0 aliphatic carbocycles. The lowest BCUT2D eigenvalue weighted by Crippen LogP contribution is -2.29. The fraction of sp³-hybridized carbons (Fsp3) is 0.250. The molecule has 0 rings (SSSR count). The van der Waals surface area contributed by atoms with E-state index in [1.165, 1.54) is 0 Å². The van der Waals surface area contributed by atoms with Crippen LogP contribution >= 0.6 is 0 Å². The van der Waals surface area contributed by atoms with Crippen molar-refractivity contribution in [3.05, 3.63) is 0 Å². The minimum absolute atomic E-state index is 0.922. The summed E-state index contributed by atoms with van der Waals surface area (Å²) in [5.41, 5.74) is 9.22. The highest BCUT2D eigenvalue weighted by atomic mass is 16.6. The predicted molar refractivity (Wildman–Crippen MR) is 49.8 cm³/mol. The zero-order chi connectivity index (χ0) is 14.3. The van der Waals surface area contributed by atoms with Crippen molar-refractivity contribution in [2.45, 2.75) is 12.8 Å². The lowest BCUT2D eigenvalue weighted by atomic mass is 10.4. The standard InChI is InChI=1S/C8H8N2O8/c9-3(11)1-5(13)17-7(15)8(16)18-6(14)2-4(10)12/h1-2H2,(H2,9,11)(H2,10,12). The number of rotatable bonds is 4. The van der Waals surface area contributed by atoms with Crippen molar-refractivity contribution < 1.29 is 38.2 Å². The Balaban J connectivity index is 4.23. The minimum Gasteiger partial charge on any atom is -0.384 e. The van der Waals surface area contributed by atoms with Crippen LogP contribution in [0, 0.1) is 0 Å². The minimum atomic E-state index is -1.82. The third-order valence-electron chi connectivity index (χ3n) is 1.22. The number of esters is 4. The van der Waals surface area contributed by atoms with Crippen LogP contribution in [-0.2, 0) is 38.2 Å². The summed E-state index contributed by atoms with van der Waals surface area (Å²) in [4.78, 5) is 63.6. The van der Waals surface area contributed by atoms with E-state index in [1.54, 1.807) is 0 Å². The van der Waals surface area contributed by atoms with E-state index in [2.05, 4.69) is 20.9 Å². The zero-order valence-corrected chi connectivity index (χ0v) is 8.83. The van der Waals surface area contributed by atoms with E-state index in [0.29, 0.717) is 0 Å². The van der Waals surface area contributed by atoms with Crippen LogP contribution in [0.1, 0.15) is 12.8 Å². The number of hydrogen-bond donors (Lipinski definition) is 2. The molecule has 18 heavy (non-hydrogen) atoms. The van der Waals surface area contributed by atoms with Crippen LogP contribution in [0.2, 0.25) is 0 Å². The van der Waals surface area contributed by atoms with E-state index >= 15 is 0 Å². The third-order valence-corrected chi connectivity index (χ3v) is 1.22. The smallest absolute Gasteiger partial charge is 0.384 e. The van der Waals surface area contributed by atoms with E-state index in [0.717, 1.165) is 0 Å². The van der Waals surface area contributed by atoms with Crippen LogP contribution in [0.4, 0.5) is 0 Å². The van der Waals surface area contributed by atoms with E-state index in [4.69, 9.17) is 0 Å². The molecular formula is C8H8N2O8. The third kappa shape index (κ3) is 6.66. The lowest BCUT2D eigenvalue weighted by molar-refractivity contribution is -0.177. The molecule has 4 N–H and O–H groups in total. The van der Waals surface area contributed by atoms with Gasteiger partial charge in [-0.3, -0.25) is 19.2 Å². The fourth-order valence-electron chi connectivity index (χ4n) is 0.647. The molecule has 0 heterocycles. The molecule has 0 fully saturated rings. The van der Waals surface area contributed by atoms with Gasteiger partial charge in [-0.2, -0.15) is 0 Å². The summed E-state index contributed by atoms with van der Waals surface area (Å²) < 4.78 is 7.61. The Kier molecular flexibility index (Phi) is 5.69. The van der Waals surface area contributed by atoms with Crippen molar-refractivity contribution in [3.8, 4) is 0 Å². The first-order valence-electron chi connectivity index (χ1n) is 4.28. The van der Waals surface area contributed by atoms with Gasteiger partial charge in [-0.15, -0.1) is 0 Å². The number of hydrogen-bond acceptors (Lipinski definition) is 8. The molecule has 0 bridgehead atoms. The molecule has 0 aliphatic heterocycles. The maximum absolute atomic E-state index is 10.8. The van der Waals surface area contributed by atoms with Crippen molar-refractivity contribution >= 4 is 35.7 Å². The highest BCUT2D eigenvalue weighted by Crippen LogP contribution is 1.92. The quantitative estimate of drug-likeness (QED) is 0.303. The largest absolute Gasteiger partial charge is 0.425 e. The summed E-state index contributed by atoms with van der Waals surface area (Å²) in [6.45, 7) is 0. The first kappa shape index (κ1) is 15.2. The molecule has 0 unspecified atom stereocenters. The summed E-state index contributed by atoms with van der Waals surface area (Å²) in [5.74, 6) is -8.56. The van der Waals surface area contributed by atoms with Crippen LogP contribution in [0.25, 0.3) is 0 Å². The van der Waals surface area contributed by atoms with Gasteiger partial charge >= 0.3 is 23.9 Å². The average molecular weight is 260 g/mol. The summed E-state index contributed by atoms with van der Waals surface area (Å²) in [5, 5.41) is 0. The Morgan fingerprint density at radius 2 is 0.944 bits per heavy atom. The SMILES string of the molecule is NC(=O)CC(=O)OC(=O)C(=O)OC(=O)CC(N)=O. The average Bonchev–Trinajstić information content (AvgIpc) is 2.13. The monoisotopic (exact) mass is 260 g/mol. The molecule has 0 radical (unpaired) electrons. The second kappa shape index (κ2) is 6.73. The Hall–Kier alpha value is -2.78. The zero-order valence-electron chi connectivity index (χ0n) is 8.83. The van der Waals surface area contributed by atoms with Gasteiger partial charge < -0.3 is 20.9 Å². The topological polar surface area (TPSA) is 173 Å². The van der Waals surface area contributed by atoms with Crippen molar-refractivity contribution in [3.63, 3.8) is 0 Å². The normalized spacial score (nSPS) is 9.11. The summed E-state index contributed by atoms with van der Waals surface area (Å²) in [6, 6.07) is 0. The maximum Gasteiger partial charge on any atom is 0.425 e.